The molecule has 3 nitrogen and oxygen atoms in total. The van der Waals surface area contributed by atoms with Crippen molar-refractivity contribution in [2.75, 3.05) is 13.1 Å². The van der Waals surface area contributed by atoms with Crippen molar-refractivity contribution in [3.05, 3.63) is 59.4 Å². The van der Waals surface area contributed by atoms with Crippen LogP contribution < -0.4 is 0 Å². The molecule has 144 valence electrons. The van der Waals surface area contributed by atoms with Gasteiger partial charge >= 0.3 is 0 Å². The predicted octanol–water partition coefficient (Wildman–Crippen LogP) is 5.36. The number of halogens is 2. The summed E-state index contributed by atoms with van der Waals surface area (Å²) in [5, 5.41) is 0. The second-order valence-electron chi connectivity index (χ2n) is 7.23. The van der Waals surface area contributed by atoms with Crippen molar-refractivity contribution in [3.8, 4) is 0 Å². The topological polar surface area (TPSA) is 33.2 Å². The number of rotatable bonds is 5. The Morgan fingerprint density at radius 1 is 1.26 bits per heavy atom. The maximum Gasteiger partial charge on any atom is 0.271 e. The largest absolute Gasteiger partial charge is 0.339 e. The van der Waals surface area contributed by atoms with Crippen molar-refractivity contribution in [3.63, 3.8) is 0 Å². The quantitative estimate of drug-likeness (QED) is 0.645. The first-order valence-corrected chi connectivity index (χ1v) is 10.2. The lowest BCUT2D eigenvalue weighted by Crippen LogP contribution is -2.37. The number of amides is 1. The normalized spacial score (nSPS) is 15.8. The van der Waals surface area contributed by atoms with Gasteiger partial charge in [-0.05, 0) is 36.5 Å². The van der Waals surface area contributed by atoms with Crippen LogP contribution in [0.2, 0.25) is 0 Å². The van der Waals surface area contributed by atoms with E-state index in [1.54, 1.807) is 30.6 Å². The van der Waals surface area contributed by atoms with E-state index in [1.807, 2.05) is 11.0 Å². The molecule has 0 saturated carbocycles. The summed E-state index contributed by atoms with van der Waals surface area (Å²) >= 11 is 1.34. The summed E-state index contributed by atoms with van der Waals surface area (Å²) in [6.07, 6.45) is 5.32. The molecule has 1 aromatic carbocycles. The van der Waals surface area contributed by atoms with E-state index in [9.17, 15) is 13.6 Å². The molecule has 1 saturated heterocycles. The number of nitrogens with zero attached hydrogens (tertiary/aromatic N) is 2. The van der Waals surface area contributed by atoms with Gasteiger partial charge in [0.25, 0.3) is 11.8 Å². The molecule has 0 radical (unpaired) electrons. The summed E-state index contributed by atoms with van der Waals surface area (Å²) < 4.78 is 27.5. The molecule has 0 unspecified atom stereocenters. The third-order valence-electron chi connectivity index (χ3n) is 4.87. The van der Waals surface area contributed by atoms with Crippen molar-refractivity contribution in [1.29, 1.82) is 0 Å². The molecule has 2 heterocycles. The van der Waals surface area contributed by atoms with Crippen LogP contribution in [0.1, 0.15) is 48.2 Å². The molecular weight excluding hydrogens is 366 g/mol. The van der Waals surface area contributed by atoms with Crippen LogP contribution in [0, 0.1) is 5.92 Å². The molecule has 27 heavy (non-hydrogen) atoms. The fourth-order valence-electron chi connectivity index (χ4n) is 3.19. The number of hydrogen-bond acceptors (Lipinski definition) is 3. The predicted molar refractivity (Wildman–Crippen MR) is 104 cm³/mol. The molecule has 0 N–H and O–H groups in total. The number of carbonyl (C=O) groups is 1. The Hall–Kier alpha value is -1.95. The van der Waals surface area contributed by atoms with Crippen LogP contribution in [0.5, 0.6) is 0 Å². The molecule has 1 aliphatic rings. The first-order chi connectivity index (χ1) is 12.8. The Labute approximate surface area is 163 Å². The van der Waals surface area contributed by atoms with Gasteiger partial charge in [0.15, 0.2) is 0 Å². The van der Waals surface area contributed by atoms with E-state index in [1.165, 1.54) is 17.8 Å². The smallest absolute Gasteiger partial charge is 0.271 e. The maximum atomic E-state index is 13.8. The molecule has 0 spiro atoms. The number of piperidine rings is 1. The summed E-state index contributed by atoms with van der Waals surface area (Å²) in [4.78, 5) is 19.3. The fraction of sp³-hybridized carbons (Fsp3) is 0.429. The molecule has 0 aliphatic carbocycles. The monoisotopic (exact) mass is 390 g/mol. The van der Waals surface area contributed by atoms with Gasteiger partial charge < -0.3 is 4.90 Å². The Kier molecular flexibility index (Phi) is 6.15. The SMILES string of the molecule is CC1CCN(C(=O)c2cncc(CSc3ccccc3C(C)(F)F)c2)CC1. The average Bonchev–Trinajstić information content (AvgIpc) is 2.66. The summed E-state index contributed by atoms with van der Waals surface area (Å²) in [6, 6.07) is 8.37. The maximum absolute atomic E-state index is 13.8. The van der Waals surface area contributed by atoms with Gasteiger partial charge in [0.1, 0.15) is 0 Å². The number of likely N-dealkylation sites (tertiary alicyclic amines) is 1. The zero-order chi connectivity index (χ0) is 19.4. The standard InChI is InChI=1S/C21H24F2N2OS/c1-15-7-9-25(10-8-15)20(26)17-11-16(12-24-13-17)14-27-19-6-4-3-5-18(19)21(2,22)23/h3-6,11-13,15H,7-10,14H2,1-2H3. The van der Waals surface area contributed by atoms with Crippen molar-refractivity contribution in [1.82, 2.24) is 9.88 Å². The van der Waals surface area contributed by atoms with Crippen molar-refractivity contribution < 1.29 is 13.6 Å². The fourth-order valence-corrected chi connectivity index (χ4v) is 4.25. The van der Waals surface area contributed by atoms with Crippen LogP contribution in [0.25, 0.3) is 0 Å². The van der Waals surface area contributed by atoms with E-state index >= 15 is 0 Å². The van der Waals surface area contributed by atoms with E-state index in [-0.39, 0.29) is 11.5 Å². The highest BCUT2D eigenvalue weighted by Gasteiger charge is 2.27. The minimum absolute atomic E-state index is 0.00161. The van der Waals surface area contributed by atoms with Gasteiger partial charge in [-0.25, -0.2) is 8.78 Å². The molecule has 1 aliphatic heterocycles. The lowest BCUT2D eigenvalue weighted by Gasteiger charge is -2.30. The number of hydrogen-bond donors (Lipinski definition) is 0. The van der Waals surface area contributed by atoms with Gasteiger partial charge in [-0.15, -0.1) is 11.8 Å². The number of carbonyl (C=O) groups excluding carboxylic acids is 1. The molecule has 1 fully saturated rings. The number of pyridine rings is 1. The van der Waals surface area contributed by atoms with Gasteiger partial charge in [0.05, 0.1) is 5.56 Å². The van der Waals surface area contributed by atoms with Crippen molar-refractivity contribution in [2.24, 2.45) is 5.92 Å². The molecular formula is C21H24F2N2OS. The first kappa shape index (κ1) is 19.8. The van der Waals surface area contributed by atoms with Crippen LogP contribution in [0.4, 0.5) is 8.78 Å². The number of aromatic nitrogens is 1. The highest BCUT2D eigenvalue weighted by atomic mass is 32.2. The van der Waals surface area contributed by atoms with Crippen LogP contribution in [-0.2, 0) is 11.7 Å². The minimum atomic E-state index is -2.88. The second kappa shape index (κ2) is 8.38. The Morgan fingerprint density at radius 2 is 1.96 bits per heavy atom. The van der Waals surface area contributed by atoms with Crippen molar-refractivity contribution >= 4 is 17.7 Å². The zero-order valence-corrected chi connectivity index (χ0v) is 16.4. The highest BCUT2D eigenvalue weighted by molar-refractivity contribution is 7.98. The van der Waals surface area contributed by atoms with Crippen LogP contribution in [-0.4, -0.2) is 28.9 Å². The third kappa shape index (κ3) is 5.06. The molecule has 0 bridgehead atoms. The van der Waals surface area contributed by atoms with E-state index < -0.39 is 5.92 Å². The number of benzene rings is 1. The summed E-state index contributed by atoms with van der Waals surface area (Å²) in [7, 11) is 0. The van der Waals surface area contributed by atoms with E-state index in [0.717, 1.165) is 38.4 Å². The van der Waals surface area contributed by atoms with Gasteiger partial charge in [-0.1, -0.05) is 25.1 Å². The third-order valence-corrected chi connectivity index (χ3v) is 6.01. The second-order valence-corrected chi connectivity index (χ2v) is 8.25. The Morgan fingerprint density at radius 3 is 2.67 bits per heavy atom. The Balaban J connectivity index is 1.69. The summed E-state index contributed by atoms with van der Waals surface area (Å²) in [5.41, 5.74) is 1.44. The van der Waals surface area contributed by atoms with Crippen LogP contribution in [0.3, 0.4) is 0 Å². The molecule has 0 atom stereocenters. The van der Waals surface area contributed by atoms with Crippen LogP contribution >= 0.6 is 11.8 Å². The molecule has 3 rings (SSSR count). The average molecular weight is 390 g/mol. The van der Waals surface area contributed by atoms with Gasteiger partial charge in [0, 0.05) is 48.6 Å². The van der Waals surface area contributed by atoms with Crippen LogP contribution in [0.15, 0.2) is 47.6 Å². The molecule has 1 aromatic heterocycles. The molecule has 2 aromatic rings. The highest BCUT2D eigenvalue weighted by Crippen LogP contribution is 2.36. The first-order valence-electron chi connectivity index (χ1n) is 9.18. The lowest BCUT2D eigenvalue weighted by molar-refractivity contribution is 0.0146. The molecule has 6 heteroatoms. The molecule has 1 amide bonds. The van der Waals surface area contributed by atoms with Gasteiger partial charge in [-0.3, -0.25) is 9.78 Å². The number of alkyl halides is 2. The lowest BCUT2D eigenvalue weighted by atomic mass is 9.99. The van der Waals surface area contributed by atoms with Gasteiger partial charge in [-0.2, -0.15) is 0 Å². The minimum Gasteiger partial charge on any atom is -0.339 e. The van der Waals surface area contributed by atoms with Gasteiger partial charge in [0.2, 0.25) is 0 Å². The van der Waals surface area contributed by atoms with E-state index in [2.05, 4.69) is 11.9 Å². The summed E-state index contributed by atoms with van der Waals surface area (Å²) in [5.74, 6) is -1.74. The van der Waals surface area contributed by atoms with Crippen molar-refractivity contribution in [2.45, 2.75) is 43.3 Å². The van der Waals surface area contributed by atoms with E-state index in [0.29, 0.717) is 22.1 Å². The Bertz CT molecular complexity index is 799. The van der Waals surface area contributed by atoms with E-state index in [4.69, 9.17) is 0 Å². The zero-order valence-electron chi connectivity index (χ0n) is 15.6. The number of thioether (sulfide) groups is 1. The summed E-state index contributed by atoms with van der Waals surface area (Å²) in [6.45, 7) is 4.67.